The van der Waals surface area contributed by atoms with Crippen LogP contribution in [0, 0.1) is 0 Å². The Morgan fingerprint density at radius 1 is 1.27 bits per heavy atom. The van der Waals surface area contributed by atoms with Crippen LogP contribution in [0.1, 0.15) is 40.0 Å². The fraction of sp³-hybridized carbons (Fsp3) is 0.857. The number of halogens is 3. The van der Waals surface area contributed by atoms with Gasteiger partial charge in [-0.05, 0) is 33.6 Å². The molecule has 152 valence electrons. The van der Waals surface area contributed by atoms with Gasteiger partial charge in [-0.15, -0.1) is 0 Å². The number of carboxylic acid groups (broad SMARTS) is 1. The first kappa shape index (κ1) is 22.5. The van der Waals surface area contributed by atoms with Crippen LogP contribution in [0.2, 0.25) is 0 Å². The van der Waals surface area contributed by atoms with Gasteiger partial charge in [-0.3, -0.25) is 0 Å². The van der Waals surface area contributed by atoms with Gasteiger partial charge in [0.25, 0.3) is 0 Å². The van der Waals surface area contributed by atoms with Crippen LogP contribution in [0.4, 0.5) is 18.0 Å². The van der Waals surface area contributed by atoms with E-state index in [4.69, 9.17) is 4.74 Å². The van der Waals surface area contributed by atoms with Crippen molar-refractivity contribution in [3.8, 4) is 0 Å². The monoisotopic (exact) mass is 404 g/mol. The number of alkyl carbamates (subject to hydrolysis) is 1. The Bertz CT molecular complexity index is 644. The number of aliphatic carboxylic acids is 1. The Kier molecular flexibility index (Phi) is 6.56. The number of hydrogen-bond donors (Lipinski definition) is 2. The molecule has 1 unspecified atom stereocenters. The van der Waals surface area contributed by atoms with E-state index in [-0.39, 0.29) is 13.0 Å². The highest BCUT2D eigenvalue weighted by Crippen LogP contribution is 2.27. The van der Waals surface area contributed by atoms with Gasteiger partial charge in [0.1, 0.15) is 5.60 Å². The number of rotatable bonds is 6. The van der Waals surface area contributed by atoms with Crippen molar-refractivity contribution in [3.05, 3.63) is 0 Å². The van der Waals surface area contributed by atoms with E-state index in [1.54, 1.807) is 20.8 Å². The molecule has 1 saturated heterocycles. The molecule has 26 heavy (non-hydrogen) atoms. The van der Waals surface area contributed by atoms with Gasteiger partial charge in [-0.1, -0.05) is 0 Å². The van der Waals surface area contributed by atoms with Crippen LogP contribution < -0.4 is 5.32 Å². The summed E-state index contributed by atoms with van der Waals surface area (Å²) < 4.78 is 66.6. The lowest BCUT2D eigenvalue weighted by molar-refractivity contribution is -0.144. The number of alkyl halides is 3. The normalized spacial score (nSPS) is 22.2. The molecule has 1 atom stereocenters. The van der Waals surface area contributed by atoms with Gasteiger partial charge in [0.05, 0.1) is 5.75 Å². The second kappa shape index (κ2) is 7.59. The summed E-state index contributed by atoms with van der Waals surface area (Å²) in [5.74, 6) is -2.20. The van der Waals surface area contributed by atoms with Gasteiger partial charge in [0, 0.05) is 19.5 Å². The van der Waals surface area contributed by atoms with E-state index in [0.29, 0.717) is 0 Å². The lowest BCUT2D eigenvalue weighted by Crippen LogP contribution is -2.57. The van der Waals surface area contributed by atoms with Crippen LogP contribution >= 0.6 is 0 Å². The fourth-order valence-corrected chi connectivity index (χ4v) is 3.98. The predicted octanol–water partition coefficient (Wildman–Crippen LogP) is 1.71. The quantitative estimate of drug-likeness (QED) is 0.697. The number of amides is 1. The summed E-state index contributed by atoms with van der Waals surface area (Å²) >= 11 is 0. The van der Waals surface area contributed by atoms with E-state index in [1.807, 2.05) is 0 Å². The summed E-state index contributed by atoms with van der Waals surface area (Å²) in [6.45, 7) is 3.93. The van der Waals surface area contributed by atoms with Crippen molar-refractivity contribution >= 4 is 22.1 Å². The number of nitrogens with one attached hydrogen (secondary N) is 1. The van der Waals surface area contributed by atoms with Crippen LogP contribution in [0.15, 0.2) is 0 Å². The Labute approximate surface area is 149 Å². The van der Waals surface area contributed by atoms with Gasteiger partial charge < -0.3 is 15.2 Å². The number of hydrogen-bond acceptors (Lipinski definition) is 5. The molecule has 0 spiro atoms. The molecule has 1 aliphatic rings. The minimum atomic E-state index is -4.47. The van der Waals surface area contributed by atoms with Gasteiger partial charge >= 0.3 is 18.2 Å². The van der Waals surface area contributed by atoms with E-state index in [0.717, 1.165) is 4.31 Å². The minimum Gasteiger partial charge on any atom is -0.479 e. The Balaban J connectivity index is 2.80. The molecular formula is C14H23F3N2O6S. The maximum absolute atomic E-state index is 12.2. The van der Waals surface area contributed by atoms with Crippen LogP contribution in [0.3, 0.4) is 0 Å². The van der Waals surface area contributed by atoms with Crippen molar-refractivity contribution in [2.45, 2.75) is 57.3 Å². The molecule has 12 heteroatoms. The minimum absolute atomic E-state index is 0.222. The summed E-state index contributed by atoms with van der Waals surface area (Å²) in [7, 11) is -4.08. The lowest BCUT2D eigenvalue weighted by atomic mass is 9.99. The highest BCUT2D eigenvalue weighted by atomic mass is 32.2. The molecule has 1 fully saturated rings. The van der Waals surface area contributed by atoms with Crippen molar-refractivity contribution in [2.75, 3.05) is 18.8 Å². The molecular weight excluding hydrogens is 381 g/mol. The predicted molar refractivity (Wildman–Crippen MR) is 85.0 cm³/mol. The molecule has 0 saturated carbocycles. The topological polar surface area (TPSA) is 113 Å². The van der Waals surface area contributed by atoms with Crippen molar-refractivity contribution < 1.29 is 41.0 Å². The van der Waals surface area contributed by atoms with Gasteiger partial charge in [0.2, 0.25) is 10.0 Å². The summed E-state index contributed by atoms with van der Waals surface area (Å²) in [5, 5.41) is 11.6. The fourth-order valence-electron chi connectivity index (χ4n) is 2.43. The number of carbonyl (C=O) groups excluding carboxylic acids is 1. The number of carboxylic acids is 1. The van der Waals surface area contributed by atoms with Gasteiger partial charge in [-0.25, -0.2) is 18.0 Å². The Morgan fingerprint density at radius 2 is 1.85 bits per heavy atom. The standard InChI is InChI=1S/C14H23F3N2O6S/c1-12(2,3)25-11(22)18-13(10(20)21)6-7-19(9-13)26(23,24)8-4-5-14(15,16)17/h4-9H2,1-3H3,(H,18,22)(H,20,21). The van der Waals surface area contributed by atoms with E-state index in [2.05, 4.69) is 5.32 Å². The number of ether oxygens (including phenoxy) is 1. The SMILES string of the molecule is CC(C)(C)OC(=O)NC1(C(=O)O)CCN(S(=O)(=O)CCCC(F)(F)F)C1. The zero-order valence-corrected chi connectivity index (χ0v) is 15.5. The van der Waals surface area contributed by atoms with E-state index >= 15 is 0 Å². The molecule has 0 bridgehead atoms. The van der Waals surface area contributed by atoms with Crippen LogP contribution in [-0.4, -0.2) is 66.1 Å². The molecule has 8 nitrogen and oxygen atoms in total. The maximum Gasteiger partial charge on any atom is 0.408 e. The van der Waals surface area contributed by atoms with Crippen molar-refractivity contribution in [1.29, 1.82) is 0 Å². The largest absolute Gasteiger partial charge is 0.479 e. The van der Waals surface area contributed by atoms with Crippen LogP contribution in [0.25, 0.3) is 0 Å². The average Bonchev–Trinajstić information content (AvgIpc) is 2.80. The zero-order chi connectivity index (χ0) is 20.4. The molecule has 0 aromatic carbocycles. The Morgan fingerprint density at radius 3 is 2.31 bits per heavy atom. The van der Waals surface area contributed by atoms with Crippen molar-refractivity contribution in [2.24, 2.45) is 0 Å². The average molecular weight is 404 g/mol. The Hall–Kier alpha value is -1.56. The molecule has 1 amide bonds. The maximum atomic E-state index is 12.2. The first-order valence-electron chi connectivity index (χ1n) is 7.85. The molecule has 0 aromatic rings. The molecule has 0 aliphatic carbocycles. The smallest absolute Gasteiger partial charge is 0.408 e. The summed E-state index contributed by atoms with van der Waals surface area (Å²) in [5.41, 5.74) is -2.77. The first-order chi connectivity index (χ1) is 11.6. The summed E-state index contributed by atoms with van der Waals surface area (Å²) in [4.78, 5) is 23.5. The van der Waals surface area contributed by atoms with Gasteiger partial charge in [-0.2, -0.15) is 17.5 Å². The second-order valence-corrected chi connectivity index (χ2v) is 9.22. The van der Waals surface area contributed by atoms with Gasteiger partial charge in [0.15, 0.2) is 5.54 Å². The first-order valence-corrected chi connectivity index (χ1v) is 9.46. The van der Waals surface area contributed by atoms with E-state index in [1.165, 1.54) is 0 Å². The van der Waals surface area contributed by atoms with E-state index in [9.17, 15) is 36.3 Å². The van der Waals surface area contributed by atoms with Crippen LogP contribution in [0.5, 0.6) is 0 Å². The van der Waals surface area contributed by atoms with Crippen LogP contribution in [-0.2, 0) is 19.6 Å². The third kappa shape index (κ3) is 6.63. The number of nitrogens with zero attached hydrogens (tertiary/aromatic N) is 1. The third-order valence-electron chi connectivity index (χ3n) is 3.64. The molecule has 2 N–H and O–H groups in total. The third-order valence-corrected chi connectivity index (χ3v) is 5.54. The van der Waals surface area contributed by atoms with E-state index < -0.39 is 64.5 Å². The van der Waals surface area contributed by atoms with Crippen molar-refractivity contribution in [1.82, 2.24) is 9.62 Å². The summed E-state index contributed by atoms with van der Waals surface area (Å²) in [6.07, 6.45) is -7.58. The molecule has 0 radical (unpaired) electrons. The molecule has 1 heterocycles. The highest BCUT2D eigenvalue weighted by molar-refractivity contribution is 7.89. The van der Waals surface area contributed by atoms with Crippen molar-refractivity contribution in [3.63, 3.8) is 0 Å². The molecule has 1 aliphatic heterocycles. The summed E-state index contributed by atoms with van der Waals surface area (Å²) in [6, 6.07) is 0. The highest BCUT2D eigenvalue weighted by Gasteiger charge is 2.50. The number of sulfonamides is 1. The number of carbonyl (C=O) groups is 2. The molecule has 0 aromatic heterocycles. The molecule has 1 rings (SSSR count). The second-order valence-electron chi connectivity index (χ2n) is 7.13. The zero-order valence-electron chi connectivity index (χ0n) is 14.7. The lowest BCUT2D eigenvalue weighted by Gasteiger charge is -2.28.